The van der Waals surface area contributed by atoms with Crippen molar-refractivity contribution >= 4 is 42.7 Å². The molecule has 3 unspecified atom stereocenters. The molecule has 0 aromatic carbocycles. The fourth-order valence-corrected chi connectivity index (χ4v) is 5.46. The van der Waals surface area contributed by atoms with Crippen LogP contribution < -0.4 is 16.2 Å². The number of aromatic amines is 1. The fraction of sp³-hybridized carbons (Fsp3) is 0.625. The summed E-state index contributed by atoms with van der Waals surface area (Å²) in [5, 5.41) is 11.1. The van der Waals surface area contributed by atoms with E-state index in [4.69, 9.17) is 15.0 Å². The summed E-state index contributed by atoms with van der Waals surface area (Å²) < 4.78 is 33.0. The zero-order chi connectivity index (χ0) is 23.0. The average Bonchev–Trinajstić information content (AvgIpc) is 3.24. The largest absolute Gasteiger partial charge is 1.00 e. The van der Waals surface area contributed by atoms with Crippen molar-refractivity contribution in [2.45, 2.75) is 49.0 Å². The highest BCUT2D eigenvalue weighted by atomic mass is 32.2. The Labute approximate surface area is 186 Å². The summed E-state index contributed by atoms with van der Waals surface area (Å²) in [5.74, 6) is 0.0573. The number of nitrogens with two attached hydrogens (primary N) is 1. The predicted octanol–water partition coefficient (Wildman–Crippen LogP) is -0.608. The molecule has 0 aliphatic carbocycles. The third-order valence-corrected chi connectivity index (χ3v) is 6.99. The minimum absolute atomic E-state index is 0. The summed E-state index contributed by atoms with van der Waals surface area (Å²) in [4.78, 5) is 46.1. The third-order valence-electron chi connectivity index (χ3n) is 4.98. The number of carbonyl (C=O) groups excluding carboxylic acids is 1. The van der Waals surface area contributed by atoms with Gasteiger partial charge in [-0.25, -0.2) is 4.98 Å². The van der Waals surface area contributed by atoms with E-state index in [1.165, 1.54) is 23.4 Å². The van der Waals surface area contributed by atoms with Crippen molar-refractivity contribution in [3.63, 3.8) is 0 Å². The van der Waals surface area contributed by atoms with Gasteiger partial charge in [-0.3, -0.25) is 23.7 Å². The molecule has 0 amide bonds. The number of esters is 1. The van der Waals surface area contributed by atoms with Crippen LogP contribution in [0.25, 0.3) is 11.2 Å². The fourth-order valence-electron chi connectivity index (χ4n) is 3.49. The van der Waals surface area contributed by atoms with Gasteiger partial charge in [-0.1, -0.05) is 11.8 Å². The van der Waals surface area contributed by atoms with Crippen molar-refractivity contribution in [3.05, 3.63) is 10.4 Å². The van der Waals surface area contributed by atoms with Gasteiger partial charge in [0.2, 0.25) is 5.95 Å². The number of methoxy groups -OCH3 is 1. The summed E-state index contributed by atoms with van der Waals surface area (Å²) in [7, 11) is -3.24. The number of phosphoric acid groups is 1. The molecule has 4 N–H and O–H groups in total. The molecular weight excluding hydrogens is 469 g/mol. The number of aromatic nitrogens is 4. The molecule has 2 aromatic rings. The molecule has 0 saturated carbocycles. The second kappa shape index (κ2) is 9.09. The molecule has 0 radical (unpaired) electrons. The molecule has 32 heavy (non-hydrogen) atoms. The molecule has 14 nitrogen and oxygen atoms in total. The Kier molecular flexibility index (Phi) is 6.58. The number of ether oxygens (including phenoxy) is 2. The van der Waals surface area contributed by atoms with Crippen LogP contribution in [-0.4, -0.2) is 68.4 Å². The van der Waals surface area contributed by atoms with Crippen LogP contribution in [0.5, 0.6) is 0 Å². The number of hydrogen-bond donors (Lipinski definition) is 3. The molecule has 2 fully saturated rings. The topological polar surface area (TPSA) is 204 Å². The zero-order valence-corrected chi connectivity index (χ0v) is 18.5. The maximum Gasteiger partial charge on any atom is 1.00 e. The van der Waals surface area contributed by atoms with Crippen LogP contribution in [0.4, 0.5) is 5.95 Å². The van der Waals surface area contributed by atoms with Gasteiger partial charge < -0.3 is 34.3 Å². The molecule has 2 aliphatic rings. The van der Waals surface area contributed by atoms with E-state index in [9.17, 15) is 24.2 Å². The minimum Gasteiger partial charge on any atom is -0.756 e. The average molecular weight is 491 g/mol. The third kappa shape index (κ3) is 4.55. The van der Waals surface area contributed by atoms with Crippen LogP contribution in [0.1, 0.15) is 26.9 Å². The van der Waals surface area contributed by atoms with E-state index in [0.29, 0.717) is 23.8 Å². The quantitative estimate of drug-likeness (QED) is 0.192. The molecule has 2 aromatic heterocycles. The van der Waals surface area contributed by atoms with Crippen LogP contribution in [0.15, 0.2) is 9.95 Å². The number of nitrogens with one attached hydrogen (secondary N) is 1. The Morgan fingerprint density at radius 1 is 1.50 bits per heavy atom. The maximum absolute atomic E-state index is 12.3. The highest BCUT2D eigenvalue weighted by Crippen LogP contribution is 2.50. The Morgan fingerprint density at radius 3 is 3.03 bits per heavy atom. The predicted molar refractivity (Wildman–Crippen MR) is 109 cm³/mol. The number of anilines is 1. The number of aliphatic hydroxyl groups is 1. The number of phosphoric ester groups is 1. The lowest BCUT2D eigenvalue weighted by atomic mass is 10.1. The van der Waals surface area contributed by atoms with Gasteiger partial charge >= 0.3 is 7.40 Å². The van der Waals surface area contributed by atoms with Crippen LogP contribution in [0, 0.1) is 0 Å². The number of hydrogen-bond acceptors (Lipinski definition) is 13. The molecule has 0 spiro atoms. The van der Waals surface area contributed by atoms with E-state index >= 15 is 0 Å². The first-order chi connectivity index (χ1) is 15.2. The number of unbranched alkanes of at least 4 members (excludes halogenated alkanes) is 1. The lowest BCUT2D eigenvalue weighted by Crippen LogP contribution is -2.41. The van der Waals surface area contributed by atoms with Gasteiger partial charge in [0, 0.05) is 12.2 Å². The molecule has 4 heterocycles. The van der Waals surface area contributed by atoms with Crippen molar-refractivity contribution in [2.75, 3.05) is 25.2 Å². The SMILES string of the molecule is COC(=O)CCCCSc1nc2c(=O)[nH]c(N)nc2n1[C@@H]1OC2COP(=O)([O-])O[C@H]2C1O.[H+]. The van der Waals surface area contributed by atoms with E-state index in [1.54, 1.807) is 0 Å². The highest BCUT2D eigenvalue weighted by Gasteiger charge is 2.51. The number of imidazole rings is 1. The first-order valence-electron chi connectivity index (χ1n) is 9.65. The number of nitrogen functional groups attached to an aromatic ring is 1. The van der Waals surface area contributed by atoms with Crippen molar-refractivity contribution in [1.82, 2.24) is 19.5 Å². The summed E-state index contributed by atoms with van der Waals surface area (Å²) >= 11 is 1.26. The summed E-state index contributed by atoms with van der Waals surface area (Å²) in [5.41, 5.74) is 5.16. The zero-order valence-electron chi connectivity index (χ0n) is 17.8. The van der Waals surface area contributed by atoms with Crippen molar-refractivity contribution in [1.29, 1.82) is 0 Å². The first-order valence-corrected chi connectivity index (χ1v) is 12.1. The van der Waals surface area contributed by atoms with Gasteiger partial charge in [0.05, 0.1) is 13.7 Å². The van der Waals surface area contributed by atoms with Crippen LogP contribution >= 0.6 is 19.6 Å². The lowest BCUT2D eigenvalue weighted by molar-refractivity contribution is -0.245. The molecule has 5 atom stereocenters. The Morgan fingerprint density at radius 2 is 2.28 bits per heavy atom. The van der Waals surface area contributed by atoms with Crippen molar-refractivity contribution < 1.29 is 39.3 Å². The van der Waals surface area contributed by atoms with E-state index in [-0.39, 0.29) is 37.5 Å². The van der Waals surface area contributed by atoms with Gasteiger partial charge in [0.1, 0.15) is 18.3 Å². The number of aliphatic hydroxyl groups excluding tert-OH is 1. The van der Waals surface area contributed by atoms with Crippen LogP contribution in [-0.2, 0) is 27.9 Å². The standard InChI is InChI=1S/C16H22N5O9PS/c1-27-8(22)4-2-3-5-32-16-18-9-12(19-15(17)20-13(9)24)21(16)14-10(23)11-7(29-14)6-28-31(25,26)30-11/h7,10-11,14,23H,2-6H2,1H3,(H,25,26)(H3,17,19,20,24)/t7?,10?,11-,14-/m1/s1. The van der Waals surface area contributed by atoms with E-state index in [2.05, 4.69) is 24.2 Å². The second-order valence-electron chi connectivity index (χ2n) is 7.14. The molecule has 2 saturated heterocycles. The van der Waals surface area contributed by atoms with Gasteiger partial charge in [0.15, 0.2) is 22.5 Å². The van der Waals surface area contributed by atoms with E-state index < -0.39 is 37.9 Å². The summed E-state index contributed by atoms with van der Waals surface area (Å²) in [6.45, 7) is -0.322. The van der Waals surface area contributed by atoms with E-state index in [0.717, 1.165) is 0 Å². The minimum atomic E-state index is -4.56. The molecule has 4 rings (SSSR count). The Bertz CT molecular complexity index is 1130. The monoisotopic (exact) mass is 491 g/mol. The highest BCUT2D eigenvalue weighted by molar-refractivity contribution is 7.99. The molecule has 0 bridgehead atoms. The second-order valence-corrected chi connectivity index (χ2v) is 9.56. The van der Waals surface area contributed by atoms with Crippen LogP contribution in [0.3, 0.4) is 0 Å². The first kappa shape index (κ1) is 23.2. The van der Waals surface area contributed by atoms with Gasteiger partial charge in [-0.05, 0) is 12.8 Å². The number of carbonyl (C=O) groups is 1. The molecule has 16 heteroatoms. The smallest absolute Gasteiger partial charge is 0.756 e. The normalized spacial score (nSPS) is 29.8. The molecule has 2 aliphatic heterocycles. The van der Waals surface area contributed by atoms with Crippen LogP contribution in [0.2, 0.25) is 0 Å². The van der Waals surface area contributed by atoms with E-state index in [1.807, 2.05) is 0 Å². The van der Waals surface area contributed by atoms with Gasteiger partial charge in [0.25, 0.3) is 13.4 Å². The van der Waals surface area contributed by atoms with Crippen molar-refractivity contribution in [3.8, 4) is 0 Å². The summed E-state index contributed by atoms with van der Waals surface area (Å²) in [6, 6.07) is 0. The lowest BCUT2D eigenvalue weighted by Gasteiger charge is -2.34. The number of thioether (sulfide) groups is 1. The molecular formula is C16H22N5O9PS. The van der Waals surface area contributed by atoms with Gasteiger partial charge in [-0.2, -0.15) is 4.98 Å². The summed E-state index contributed by atoms with van der Waals surface area (Å²) in [6.07, 6.45) is -3.11. The number of nitrogens with zero attached hydrogens (tertiary/aromatic N) is 3. The van der Waals surface area contributed by atoms with Crippen molar-refractivity contribution in [2.24, 2.45) is 0 Å². The Hall–Kier alpha value is -2.00. The maximum atomic E-state index is 12.3. The number of fused-ring (bicyclic) bond motifs is 2. The van der Waals surface area contributed by atoms with Gasteiger partial charge in [-0.15, -0.1) is 0 Å². The number of rotatable bonds is 7. The molecule has 176 valence electrons. The Balaban J connectivity index is 0.00000306. The number of H-pyrrole nitrogens is 1.